The lowest BCUT2D eigenvalue weighted by Gasteiger charge is -2.10. The van der Waals surface area contributed by atoms with Gasteiger partial charge in [0.25, 0.3) is 0 Å². The molecule has 0 aliphatic carbocycles. The van der Waals surface area contributed by atoms with Crippen LogP contribution in [0.25, 0.3) is 21.9 Å². The van der Waals surface area contributed by atoms with Gasteiger partial charge in [-0.3, -0.25) is 0 Å². The molecule has 2 heteroatoms. The Hall–Kier alpha value is -2.61. The molecule has 0 spiro atoms. The van der Waals surface area contributed by atoms with Gasteiger partial charge in [0.05, 0.1) is 0 Å². The fourth-order valence-electron chi connectivity index (χ4n) is 3.54. The number of ether oxygens (including phenoxy) is 1. The Labute approximate surface area is 167 Å². The minimum atomic E-state index is -0.160. The maximum absolute atomic E-state index is 15.1. The Bertz CT molecular complexity index is 912. The molecule has 3 aromatic rings. The quantitative estimate of drug-likeness (QED) is 0.260. The monoisotopic (exact) mass is 376 g/mol. The van der Waals surface area contributed by atoms with Gasteiger partial charge in [-0.05, 0) is 41.5 Å². The second-order valence-electron chi connectivity index (χ2n) is 7.27. The molecule has 0 radical (unpaired) electrons. The van der Waals surface area contributed by atoms with Crippen molar-refractivity contribution in [3.8, 4) is 16.9 Å². The zero-order valence-electron chi connectivity index (χ0n) is 16.7. The molecule has 0 amide bonds. The van der Waals surface area contributed by atoms with E-state index in [0.717, 1.165) is 23.1 Å². The van der Waals surface area contributed by atoms with Crippen molar-refractivity contribution in [1.82, 2.24) is 0 Å². The predicted octanol–water partition coefficient (Wildman–Crippen LogP) is 7.72. The van der Waals surface area contributed by atoms with Crippen LogP contribution in [0, 0.1) is 5.82 Å². The van der Waals surface area contributed by atoms with Crippen molar-refractivity contribution in [2.45, 2.75) is 45.4 Å². The Morgan fingerprint density at radius 1 is 0.929 bits per heavy atom. The molecule has 0 heterocycles. The van der Waals surface area contributed by atoms with Crippen LogP contribution >= 0.6 is 0 Å². The van der Waals surface area contributed by atoms with Gasteiger partial charge in [0, 0.05) is 10.9 Å². The summed E-state index contributed by atoms with van der Waals surface area (Å²) >= 11 is 0. The Balaban J connectivity index is 1.75. The Kier molecular flexibility index (Phi) is 7.25. The number of hydrogen-bond acceptors (Lipinski definition) is 1. The molecular weight excluding hydrogens is 347 g/mol. The summed E-state index contributed by atoms with van der Waals surface area (Å²) in [6, 6.07) is 17.6. The number of hydrogen-bond donors (Lipinski definition) is 0. The lowest BCUT2D eigenvalue weighted by molar-refractivity contribution is 0.363. The average Bonchev–Trinajstić information content (AvgIpc) is 2.73. The molecule has 0 aliphatic heterocycles. The van der Waals surface area contributed by atoms with Crippen LogP contribution in [-0.2, 0) is 6.42 Å². The van der Waals surface area contributed by atoms with E-state index in [4.69, 9.17) is 4.74 Å². The minimum absolute atomic E-state index is 0.160. The van der Waals surface area contributed by atoms with E-state index in [1.165, 1.54) is 37.7 Å². The molecule has 3 rings (SSSR count). The van der Waals surface area contributed by atoms with Gasteiger partial charge in [0.2, 0.25) is 0 Å². The lowest BCUT2D eigenvalue weighted by Crippen LogP contribution is -1.93. The first kappa shape index (κ1) is 20.1. The van der Waals surface area contributed by atoms with Crippen molar-refractivity contribution >= 4 is 10.8 Å². The second-order valence-corrected chi connectivity index (χ2v) is 7.27. The third kappa shape index (κ3) is 5.01. The van der Waals surface area contributed by atoms with E-state index in [2.05, 4.69) is 25.6 Å². The highest BCUT2D eigenvalue weighted by Gasteiger charge is 2.10. The van der Waals surface area contributed by atoms with Crippen molar-refractivity contribution in [3.05, 3.63) is 78.6 Å². The number of halogens is 1. The van der Waals surface area contributed by atoms with Crippen molar-refractivity contribution in [3.63, 3.8) is 0 Å². The van der Waals surface area contributed by atoms with E-state index in [1.807, 2.05) is 42.5 Å². The van der Waals surface area contributed by atoms with E-state index < -0.39 is 0 Å². The first-order valence-electron chi connectivity index (χ1n) is 10.3. The molecule has 0 atom stereocenters. The molecule has 28 heavy (non-hydrogen) atoms. The molecule has 0 aromatic heterocycles. The number of rotatable bonds is 10. The van der Waals surface area contributed by atoms with Crippen LogP contribution in [-0.4, -0.2) is 6.61 Å². The standard InChI is InChI=1S/C26H29FO/c1-3-5-6-7-8-9-20-10-16-25-22(19-20)13-17-24(26(25)27)21-11-14-23(15-12-21)28-18-4-2/h4,10-17,19H,2-3,5-9,18H2,1H3. The highest BCUT2D eigenvalue weighted by molar-refractivity contribution is 5.88. The molecule has 0 N–H and O–H groups in total. The first-order valence-corrected chi connectivity index (χ1v) is 10.3. The van der Waals surface area contributed by atoms with Crippen LogP contribution in [0.3, 0.4) is 0 Å². The minimum Gasteiger partial charge on any atom is -0.490 e. The summed E-state index contributed by atoms with van der Waals surface area (Å²) in [6.07, 6.45) is 9.12. The summed E-state index contributed by atoms with van der Waals surface area (Å²) in [5, 5.41) is 1.65. The largest absolute Gasteiger partial charge is 0.490 e. The molecular formula is C26H29FO. The van der Waals surface area contributed by atoms with E-state index in [9.17, 15) is 0 Å². The molecule has 0 saturated carbocycles. The second kappa shape index (κ2) is 10.1. The van der Waals surface area contributed by atoms with Crippen LogP contribution in [0.1, 0.15) is 44.6 Å². The van der Waals surface area contributed by atoms with Crippen molar-refractivity contribution < 1.29 is 9.13 Å². The molecule has 0 aliphatic rings. The SMILES string of the molecule is C=CCOc1ccc(-c2ccc3cc(CCCCCCC)ccc3c2F)cc1. The van der Waals surface area contributed by atoms with E-state index in [1.54, 1.807) is 6.08 Å². The molecule has 3 aromatic carbocycles. The topological polar surface area (TPSA) is 9.23 Å². The summed E-state index contributed by atoms with van der Waals surface area (Å²) in [7, 11) is 0. The summed E-state index contributed by atoms with van der Waals surface area (Å²) in [6.45, 7) is 6.34. The Morgan fingerprint density at radius 2 is 1.71 bits per heavy atom. The van der Waals surface area contributed by atoms with Crippen molar-refractivity contribution in [2.75, 3.05) is 6.61 Å². The summed E-state index contributed by atoms with van der Waals surface area (Å²) in [5.74, 6) is 0.597. The average molecular weight is 377 g/mol. The number of unbranched alkanes of at least 4 members (excludes halogenated alkanes) is 4. The zero-order valence-corrected chi connectivity index (χ0v) is 16.7. The lowest BCUT2D eigenvalue weighted by atomic mass is 9.97. The third-order valence-corrected chi connectivity index (χ3v) is 5.12. The van der Waals surface area contributed by atoms with Crippen LogP contribution in [0.4, 0.5) is 4.39 Å². The molecule has 0 fully saturated rings. The maximum atomic E-state index is 15.1. The smallest absolute Gasteiger partial charge is 0.138 e. The maximum Gasteiger partial charge on any atom is 0.138 e. The Morgan fingerprint density at radius 3 is 2.46 bits per heavy atom. The molecule has 1 nitrogen and oxygen atoms in total. The number of aryl methyl sites for hydroxylation is 1. The highest BCUT2D eigenvalue weighted by Crippen LogP contribution is 2.31. The first-order chi connectivity index (χ1) is 13.7. The van der Waals surface area contributed by atoms with Crippen LogP contribution in [0.15, 0.2) is 67.3 Å². The molecule has 0 saturated heterocycles. The predicted molar refractivity (Wildman–Crippen MR) is 117 cm³/mol. The van der Waals surface area contributed by atoms with Gasteiger partial charge < -0.3 is 4.74 Å². The molecule has 0 unspecified atom stereocenters. The van der Waals surface area contributed by atoms with Gasteiger partial charge in [-0.25, -0.2) is 4.39 Å². The normalized spacial score (nSPS) is 10.9. The number of fused-ring (bicyclic) bond motifs is 1. The summed E-state index contributed by atoms with van der Waals surface area (Å²) in [5.41, 5.74) is 2.76. The van der Waals surface area contributed by atoms with E-state index >= 15 is 4.39 Å². The van der Waals surface area contributed by atoms with Gasteiger partial charge in [-0.2, -0.15) is 0 Å². The highest BCUT2D eigenvalue weighted by atomic mass is 19.1. The number of benzene rings is 3. The van der Waals surface area contributed by atoms with Gasteiger partial charge in [-0.15, -0.1) is 0 Å². The van der Waals surface area contributed by atoms with Crippen molar-refractivity contribution in [2.24, 2.45) is 0 Å². The van der Waals surface area contributed by atoms with Gasteiger partial charge in [-0.1, -0.05) is 87.7 Å². The zero-order chi connectivity index (χ0) is 19.8. The van der Waals surface area contributed by atoms with Crippen LogP contribution < -0.4 is 4.74 Å². The van der Waals surface area contributed by atoms with E-state index in [-0.39, 0.29) is 5.82 Å². The van der Waals surface area contributed by atoms with E-state index in [0.29, 0.717) is 17.6 Å². The fourth-order valence-corrected chi connectivity index (χ4v) is 3.54. The molecule has 146 valence electrons. The van der Waals surface area contributed by atoms with Crippen molar-refractivity contribution in [1.29, 1.82) is 0 Å². The summed E-state index contributed by atoms with van der Waals surface area (Å²) < 4.78 is 20.6. The summed E-state index contributed by atoms with van der Waals surface area (Å²) in [4.78, 5) is 0. The van der Waals surface area contributed by atoms with Gasteiger partial charge in [0.15, 0.2) is 0 Å². The third-order valence-electron chi connectivity index (χ3n) is 5.12. The molecule has 0 bridgehead atoms. The van der Waals surface area contributed by atoms with Crippen LogP contribution in [0.5, 0.6) is 5.75 Å². The van der Waals surface area contributed by atoms with Gasteiger partial charge >= 0.3 is 0 Å². The van der Waals surface area contributed by atoms with Gasteiger partial charge in [0.1, 0.15) is 18.2 Å². The fraction of sp³-hybridized carbons (Fsp3) is 0.308. The van der Waals surface area contributed by atoms with Crippen LogP contribution in [0.2, 0.25) is 0 Å².